The third-order valence-corrected chi connectivity index (χ3v) is 5.34. The molecule has 29 heavy (non-hydrogen) atoms. The maximum Gasteiger partial charge on any atom is 0.312 e. The number of fused-ring (bicyclic) bond motifs is 1. The Balaban J connectivity index is 1.96. The Morgan fingerprint density at radius 1 is 1.41 bits per heavy atom. The number of rotatable bonds is 6. The lowest BCUT2D eigenvalue weighted by molar-refractivity contribution is -0.385. The normalized spacial score (nSPS) is 11.1. The Bertz CT molecular complexity index is 1170. The first-order valence-corrected chi connectivity index (χ1v) is 9.33. The highest BCUT2D eigenvalue weighted by atomic mass is 32.1. The minimum Gasteiger partial charge on any atom is -0.490 e. The summed E-state index contributed by atoms with van der Waals surface area (Å²) in [5, 5.41) is 14.2. The second kappa shape index (κ2) is 7.97. The zero-order chi connectivity index (χ0) is 21.3. The molecule has 0 radical (unpaired) electrons. The monoisotopic (exact) mass is 417 g/mol. The van der Waals surface area contributed by atoms with Crippen LogP contribution in [0.3, 0.4) is 0 Å². The summed E-state index contributed by atoms with van der Waals surface area (Å²) in [5.41, 5.74) is 0.190. The number of methoxy groups -OCH3 is 1. The Kier molecular flexibility index (Phi) is 5.62. The maximum absolute atomic E-state index is 12.8. The van der Waals surface area contributed by atoms with Crippen LogP contribution >= 0.6 is 11.3 Å². The van der Waals surface area contributed by atoms with E-state index >= 15 is 0 Å². The molecule has 0 saturated heterocycles. The largest absolute Gasteiger partial charge is 0.490 e. The van der Waals surface area contributed by atoms with E-state index < -0.39 is 10.8 Å². The molecule has 2 heterocycles. The third kappa shape index (κ3) is 4.10. The fourth-order valence-electron chi connectivity index (χ4n) is 2.88. The first-order valence-electron chi connectivity index (χ1n) is 8.52. The van der Waals surface area contributed by atoms with Crippen molar-refractivity contribution in [2.45, 2.75) is 13.5 Å². The number of aromatic nitrogens is 2. The molecule has 0 unspecified atom stereocenters. The van der Waals surface area contributed by atoms with Gasteiger partial charge in [0.1, 0.15) is 10.7 Å². The van der Waals surface area contributed by atoms with Crippen molar-refractivity contribution < 1.29 is 14.5 Å². The smallest absolute Gasteiger partial charge is 0.312 e. The fraction of sp³-hybridized carbons (Fsp3) is 0.278. The highest BCUT2D eigenvalue weighted by Gasteiger charge is 2.21. The Morgan fingerprint density at radius 2 is 2.14 bits per heavy atom. The second-order valence-corrected chi connectivity index (χ2v) is 7.58. The van der Waals surface area contributed by atoms with Crippen molar-refractivity contribution in [3.8, 4) is 5.75 Å². The van der Waals surface area contributed by atoms with Crippen LogP contribution in [0.2, 0.25) is 0 Å². The van der Waals surface area contributed by atoms with Crippen LogP contribution in [-0.2, 0) is 6.54 Å². The van der Waals surface area contributed by atoms with Crippen LogP contribution in [0.5, 0.6) is 5.75 Å². The Labute approximate surface area is 169 Å². The number of ether oxygens (including phenoxy) is 1. The van der Waals surface area contributed by atoms with Gasteiger partial charge in [0.2, 0.25) is 0 Å². The molecule has 1 aromatic carbocycles. The van der Waals surface area contributed by atoms with Crippen LogP contribution in [0.4, 0.5) is 11.4 Å². The second-order valence-electron chi connectivity index (χ2n) is 6.58. The van der Waals surface area contributed by atoms with Gasteiger partial charge in [-0.05, 0) is 38.7 Å². The molecule has 0 spiro atoms. The molecular formula is C18H19N5O5S. The predicted octanol–water partition coefficient (Wildman–Crippen LogP) is 2.52. The number of nitrogens with zero attached hydrogens (tertiary/aromatic N) is 3. The molecule has 3 rings (SSSR count). The van der Waals surface area contributed by atoms with Gasteiger partial charge in [-0.1, -0.05) is 0 Å². The summed E-state index contributed by atoms with van der Waals surface area (Å²) in [7, 11) is 5.05. The van der Waals surface area contributed by atoms with Crippen molar-refractivity contribution in [2.24, 2.45) is 0 Å². The van der Waals surface area contributed by atoms with E-state index in [2.05, 4.69) is 15.3 Å². The van der Waals surface area contributed by atoms with Crippen LogP contribution < -0.4 is 15.6 Å². The first-order chi connectivity index (χ1) is 13.7. The number of thiophene rings is 1. The third-order valence-electron chi connectivity index (χ3n) is 4.16. The molecular weight excluding hydrogens is 398 g/mol. The number of carbonyl (C=O) groups excluding carboxylic acids is 1. The predicted molar refractivity (Wildman–Crippen MR) is 110 cm³/mol. The lowest BCUT2D eigenvalue weighted by Gasteiger charge is -2.07. The maximum atomic E-state index is 12.8. The van der Waals surface area contributed by atoms with Gasteiger partial charge in [-0.15, -0.1) is 11.3 Å². The molecule has 11 heteroatoms. The molecule has 0 bridgehead atoms. The molecule has 152 valence electrons. The standard InChI is InChI=1S/C18H19N5O5S/c1-9-14-16(24)20-13(8-22(2)3)21-18(14)29-15(9)17(25)19-10-5-6-12(28-4)11(7-10)23(26)27/h5-7H,8H2,1-4H3,(H,19,25)(H,20,21,24). The molecule has 0 saturated carbocycles. The summed E-state index contributed by atoms with van der Waals surface area (Å²) < 4.78 is 4.96. The van der Waals surface area contributed by atoms with Crippen LogP contribution in [0, 0.1) is 17.0 Å². The van der Waals surface area contributed by atoms with Crippen molar-refractivity contribution >= 4 is 38.8 Å². The van der Waals surface area contributed by atoms with Crippen LogP contribution in [0.1, 0.15) is 21.1 Å². The molecule has 0 aliphatic heterocycles. The summed E-state index contributed by atoms with van der Waals surface area (Å²) in [6.45, 7) is 2.13. The molecule has 1 amide bonds. The van der Waals surface area contributed by atoms with E-state index in [0.29, 0.717) is 33.0 Å². The number of aromatic amines is 1. The number of nitro benzene ring substituents is 1. The molecule has 3 aromatic rings. The minimum absolute atomic E-state index is 0.0928. The van der Waals surface area contributed by atoms with Crippen LogP contribution in [0.15, 0.2) is 23.0 Å². The number of anilines is 1. The number of hydrogen-bond acceptors (Lipinski definition) is 8. The van der Waals surface area contributed by atoms with Crippen LogP contribution in [0.25, 0.3) is 10.2 Å². The lowest BCUT2D eigenvalue weighted by Crippen LogP contribution is -2.18. The lowest BCUT2D eigenvalue weighted by atomic mass is 10.2. The van der Waals surface area contributed by atoms with E-state index in [1.807, 2.05) is 19.0 Å². The van der Waals surface area contributed by atoms with Gasteiger partial charge in [-0.2, -0.15) is 0 Å². The molecule has 2 aromatic heterocycles. The van der Waals surface area contributed by atoms with E-state index in [1.54, 1.807) is 6.92 Å². The average Bonchev–Trinajstić information content (AvgIpc) is 2.98. The number of aryl methyl sites for hydroxylation is 1. The van der Waals surface area contributed by atoms with E-state index in [4.69, 9.17) is 4.74 Å². The van der Waals surface area contributed by atoms with E-state index in [1.165, 1.54) is 25.3 Å². The fourth-order valence-corrected chi connectivity index (χ4v) is 3.97. The van der Waals surface area contributed by atoms with Gasteiger partial charge in [-0.3, -0.25) is 19.7 Å². The molecule has 2 N–H and O–H groups in total. The van der Waals surface area contributed by atoms with Gasteiger partial charge in [0.15, 0.2) is 5.75 Å². The summed E-state index contributed by atoms with van der Waals surface area (Å²) >= 11 is 1.10. The van der Waals surface area contributed by atoms with Crippen molar-refractivity contribution in [3.05, 3.63) is 54.9 Å². The molecule has 0 atom stereocenters. The van der Waals surface area contributed by atoms with E-state index in [9.17, 15) is 19.7 Å². The van der Waals surface area contributed by atoms with Gasteiger partial charge >= 0.3 is 5.69 Å². The quantitative estimate of drug-likeness (QED) is 0.465. The van der Waals surface area contributed by atoms with Crippen LogP contribution in [-0.4, -0.2) is 46.9 Å². The number of hydrogen-bond donors (Lipinski definition) is 2. The van der Waals surface area contributed by atoms with E-state index in [-0.39, 0.29) is 22.7 Å². The number of nitrogens with one attached hydrogen (secondary N) is 2. The molecule has 0 aliphatic carbocycles. The summed E-state index contributed by atoms with van der Waals surface area (Å²) in [5.74, 6) is 0.125. The number of nitro groups is 1. The number of amides is 1. The van der Waals surface area contributed by atoms with Crippen molar-refractivity contribution in [1.82, 2.24) is 14.9 Å². The molecule has 0 fully saturated rings. The topological polar surface area (TPSA) is 130 Å². The Hall–Kier alpha value is -3.31. The Morgan fingerprint density at radius 3 is 2.76 bits per heavy atom. The van der Waals surface area contributed by atoms with Crippen molar-refractivity contribution in [1.29, 1.82) is 0 Å². The highest BCUT2D eigenvalue weighted by molar-refractivity contribution is 7.20. The highest BCUT2D eigenvalue weighted by Crippen LogP contribution is 2.31. The number of carbonyl (C=O) groups is 1. The summed E-state index contributed by atoms with van der Waals surface area (Å²) in [6, 6.07) is 4.14. The summed E-state index contributed by atoms with van der Waals surface area (Å²) in [6.07, 6.45) is 0. The SMILES string of the molecule is COc1ccc(NC(=O)c2sc3nc(CN(C)C)[nH]c(=O)c3c2C)cc1[N+](=O)[O-]. The minimum atomic E-state index is -0.588. The van der Waals surface area contributed by atoms with Gasteiger partial charge < -0.3 is 19.9 Å². The molecule has 0 aliphatic rings. The van der Waals surface area contributed by atoms with Gasteiger partial charge in [-0.25, -0.2) is 4.98 Å². The van der Waals surface area contributed by atoms with Crippen molar-refractivity contribution in [2.75, 3.05) is 26.5 Å². The van der Waals surface area contributed by atoms with Gasteiger partial charge in [0.05, 0.1) is 28.8 Å². The number of benzene rings is 1. The van der Waals surface area contributed by atoms with Gasteiger partial charge in [0, 0.05) is 11.8 Å². The number of H-pyrrole nitrogens is 1. The first kappa shape index (κ1) is 20.4. The zero-order valence-corrected chi connectivity index (χ0v) is 17.0. The van der Waals surface area contributed by atoms with E-state index in [0.717, 1.165) is 11.3 Å². The molecule has 10 nitrogen and oxygen atoms in total. The average molecular weight is 417 g/mol. The summed E-state index contributed by atoms with van der Waals surface area (Å²) in [4.78, 5) is 45.6. The zero-order valence-electron chi connectivity index (χ0n) is 16.2. The van der Waals surface area contributed by atoms with Gasteiger partial charge in [0.25, 0.3) is 11.5 Å². The van der Waals surface area contributed by atoms with Crippen molar-refractivity contribution in [3.63, 3.8) is 0 Å².